The van der Waals surface area contributed by atoms with Gasteiger partial charge in [0.05, 0.1) is 12.1 Å². The van der Waals surface area contributed by atoms with Crippen LogP contribution in [0.1, 0.15) is 25.6 Å². The summed E-state index contributed by atoms with van der Waals surface area (Å²) in [5.74, 6) is 2.01. The zero-order valence-electron chi connectivity index (χ0n) is 10.6. The molecule has 0 aromatic carbocycles. The van der Waals surface area contributed by atoms with E-state index >= 15 is 0 Å². The number of pyridine rings is 1. The van der Waals surface area contributed by atoms with Crippen molar-refractivity contribution in [3.63, 3.8) is 0 Å². The Kier molecular flexibility index (Phi) is 3.39. The summed E-state index contributed by atoms with van der Waals surface area (Å²) >= 11 is 3.54. The van der Waals surface area contributed by atoms with Crippen molar-refractivity contribution in [2.24, 2.45) is 5.92 Å². The maximum Gasteiger partial charge on any atom is 0.132 e. The Balaban J connectivity index is 1.82. The lowest BCUT2D eigenvalue weighted by Gasteiger charge is -2.29. The lowest BCUT2D eigenvalue weighted by atomic mass is 9.99. The first kappa shape index (κ1) is 12.2. The summed E-state index contributed by atoms with van der Waals surface area (Å²) in [6.45, 7) is 5.68. The van der Waals surface area contributed by atoms with Crippen LogP contribution in [0.3, 0.4) is 0 Å². The zero-order valence-corrected chi connectivity index (χ0v) is 12.2. The third kappa shape index (κ3) is 2.31. The van der Waals surface area contributed by atoms with Crippen molar-refractivity contribution in [3.8, 4) is 0 Å². The molecule has 1 saturated heterocycles. The lowest BCUT2D eigenvalue weighted by molar-refractivity contribution is 0.181. The number of hydrogen-bond acceptors (Lipinski definition) is 2. The van der Waals surface area contributed by atoms with Crippen LogP contribution in [-0.2, 0) is 6.54 Å². The molecule has 0 aliphatic carbocycles. The normalized spacial score (nSPS) is 18.6. The van der Waals surface area contributed by atoms with Crippen molar-refractivity contribution in [1.29, 1.82) is 0 Å². The molecule has 3 rings (SSSR count). The summed E-state index contributed by atoms with van der Waals surface area (Å²) in [7, 11) is 0. The van der Waals surface area contributed by atoms with Gasteiger partial charge in [-0.15, -0.1) is 0 Å². The number of halogens is 1. The molecule has 0 amide bonds. The monoisotopic (exact) mass is 307 g/mol. The molecule has 0 N–H and O–H groups in total. The van der Waals surface area contributed by atoms with E-state index in [0.717, 1.165) is 28.4 Å². The number of likely N-dealkylation sites (tertiary alicyclic amines) is 1. The molecule has 1 aliphatic heterocycles. The van der Waals surface area contributed by atoms with E-state index in [2.05, 4.69) is 55.5 Å². The van der Waals surface area contributed by atoms with Gasteiger partial charge in [0.15, 0.2) is 0 Å². The van der Waals surface area contributed by atoms with Crippen molar-refractivity contribution >= 4 is 21.4 Å². The van der Waals surface area contributed by atoms with Gasteiger partial charge >= 0.3 is 0 Å². The molecule has 1 aliphatic rings. The van der Waals surface area contributed by atoms with Gasteiger partial charge < -0.3 is 4.40 Å². The smallest absolute Gasteiger partial charge is 0.132 e. The fourth-order valence-electron chi connectivity index (χ4n) is 2.59. The molecule has 3 nitrogen and oxygen atoms in total. The number of imidazole rings is 1. The van der Waals surface area contributed by atoms with Gasteiger partial charge in [0, 0.05) is 6.20 Å². The highest BCUT2D eigenvalue weighted by Crippen LogP contribution is 2.22. The van der Waals surface area contributed by atoms with Gasteiger partial charge in [-0.05, 0) is 59.9 Å². The lowest BCUT2D eigenvalue weighted by Crippen LogP contribution is -2.32. The number of nitrogens with zero attached hydrogens (tertiary/aromatic N) is 3. The second kappa shape index (κ2) is 5.02. The summed E-state index contributed by atoms with van der Waals surface area (Å²) in [6.07, 6.45) is 4.71. The number of rotatable bonds is 2. The van der Waals surface area contributed by atoms with Crippen molar-refractivity contribution in [1.82, 2.24) is 14.3 Å². The van der Waals surface area contributed by atoms with Crippen LogP contribution < -0.4 is 0 Å². The van der Waals surface area contributed by atoms with Crippen LogP contribution in [0.5, 0.6) is 0 Å². The average molecular weight is 308 g/mol. The first-order valence-corrected chi connectivity index (χ1v) is 7.37. The first-order chi connectivity index (χ1) is 8.74. The molecule has 2 aromatic heterocycles. The third-order valence-corrected chi connectivity index (χ3v) is 4.40. The predicted octanol–water partition coefficient (Wildman–Crippen LogP) is 3.33. The SMILES string of the molecule is CC1CCN(Cc2nc(Br)c3ccccn23)CC1. The van der Waals surface area contributed by atoms with Gasteiger partial charge in [-0.3, -0.25) is 4.90 Å². The van der Waals surface area contributed by atoms with E-state index in [1.54, 1.807) is 0 Å². The molecule has 2 aromatic rings. The maximum absolute atomic E-state index is 4.64. The fourth-order valence-corrected chi connectivity index (χ4v) is 3.12. The number of hydrogen-bond donors (Lipinski definition) is 0. The van der Waals surface area contributed by atoms with Gasteiger partial charge in [-0.2, -0.15) is 0 Å². The summed E-state index contributed by atoms with van der Waals surface area (Å²) < 4.78 is 3.13. The number of aromatic nitrogens is 2. The molecule has 0 spiro atoms. The Labute approximate surface area is 116 Å². The Morgan fingerprint density at radius 1 is 1.33 bits per heavy atom. The van der Waals surface area contributed by atoms with E-state index in [1.165, 1.54) is 25.9 Å². The van der Waals surface area contributed by atoms with Crippen LogP contribution in [0.2, 0.25) is 0 Å². The third-order valence-electron chi connectivity index (χ3n) is 3.82. The van der Waals surface area contributed by atoms with E-state index in [4.69, 9.17) is 0 Å². The van der Waals surface area contributed by atoms with Crippen LogP contribution in [0.15, 0.2) is 29.0 Å². The van der Waals surface area contributed by atoms with Gasteiger partial charge in [0.25, 0.3) is 0 Å². The largest absolute Gasteiger partial charge is 0.301 e. The summed E-state index contributed by atoms with van der Waals surface area (Å²) in [5, 5.41) is 0. The van der Waals surface area contributed by atoms with Crippen molar-refractivity contribution in [2.75, 3.05) is 13.1 Å². The van der Waals surface area contributed by atoms with Crippen LogP contribution in [0.25, 0.3) is 5.52 Å². The van der Waals surface area contributed by atoms with Crippen LogP contribution in [-0.4, -0.2) is 27.4 Å². The van der Waals surface area contributed by atoms with Crippen molar-refractivity contribution in [2.45, 2.75) is 26.3 Å². The molecule has 18 heavy (non-hydrogen) atoms. The molecule has 1 fully saturated rings. The average Bonchev–Trinajstić information content (AvgIpc) is 2.70. The van der Waals surface area contributed by atoms with Gasteiger partial charge in [0.1, 0.15) is 10.4 Å². The molecule has 0 unspecified atom stereocenters. The van der Waals surface area contributed by atoms with Gasteiger partial charge in [-0.25, -0.2) is 4.98 Å². The van der Waals surface area contributed by atoms with E-state index in [1.807, 2.05) is 6.07 Å². The summed E-state index contributed by atoms with van der Waals surface area (Å²) in [6, 6.07) is 6.20. The second-order valence-corrected chi connectivity index (χ2v) is 5.98. The Bertz CT molecular complexity index is 541. The Morgan fingerprint density at radius 2 is 2.11 bits per heavy atom. The van der Waals surface area contributed by atoms with Crippen molar-refractivity contribution < 1.29 is 0 Å². The fraction of sp³-hybridized carbons (Fsp3) is 0.500. The molecular weight excluding hydrogens is 290 g/mol. The van der Waals surface area contributed by atoms with Gasteiger partial charge in [-0.1, -0.05) is 13.0 Å². The quantitative estimate of drug-likeness (QED) is 0.848. The van der Waals surface area contributed by atoms with E-state index in [-0.39, 0.29) is 0 Å². The Morgan fingerprint density at radius 3 is 2.89 bits per heavy atom. The first-order valence-electron chi connectivity index (χ1n) is 6.58. The molecule has 0 atom stereocenters. The van der Waals surface area contributed by atoms with Crippen molar-refractivity contribution in [3.05, 3.63) is 34.8 Å². The topological polar surface area (TPSA) is 20.5 Å². The second-order valence-electron chi connectivity index (χ2n) is 5.23. The minimum atomic E-state index is 0.880. The minimum Gasteiger partial charge on any atom is -0.301 e. The number of piperidine rings is 1. The molecule has 0 saturated carbocycles. The standard InChI is InChI=1S/C14H18BrN3/c1-11-5-8-17(9-6-11)10-13-16-14(15)12-4-2-3-7-18(12)13/h2-4,7,11H,5-6,8-10H2,1H3. The Hall–Kier alpha value is -0.870. The highest BCUT2D eigenvalue weighted by Gasteiger charge is 2.18. The predicted molar refractivity (Wildman–Crippen MR) is 76.6 cm³/mol. The van der Waals surface area contributed by atoms with Crippen LogP contribution >= 0.6 is 15.9 Å². The minimum absolute atomic E-state index is 0.880. The molecule has 3 heterocycles. The molecular formula is C14H18BrN3. The highest BCUT2D eigenvalue weighted by atomic mass is 79.9. The van der Waals surface area contributed by atoms with Crippen LogP contribution in [0.4, 0.5) is 0 Å². The van der Waals surface area contributed by atoms with E-state index < -0.39 is 0 Å². The molecule has 96 valence electrons. The maximum atomic E-state index is 4.64. The summed E-state index contributed by atoms with van der Waals surface area (Å²) in [4.78, 5) is 7.15. The van der Waals surface area contributed by atoms with E-state index in [0.29, 0.717) is 0 Å². The zero-order chi connectivity index (χ0) is 12.5. The highest BCUT2D eigenvalue weighted by molar-refractivity contribution is 9.10. The van der Waals surface area contributed by atoms with Crippen LogP contribution in [0, 0.1) is 5.92 Å². The van der Waals surface area contributed by atoms with E-state index in [9.17, 15) is 0 Å². The molecule has 0 bridgehead atoms. The molecule has 0 radical (unpaired) electrons. The summed E-state index contributed by atoms with van der Waals surface area (Å²) in [5.41, 5.74) is 1.15. The van der Waals surface area contributed by atoms with Gasteiger partial charge in [0.2, 0.25) is 0 Å². The number of fused-ring (bicyclic) bond motifs is 1. The molecule has 4 heteroatoms.